The van der Waals surface area contributed by atoms with Crippen LogP contribution in [0.2, 0.25) is 0 Å². The van der Waals surface area contributed by atoms with E-state index in [0.29, 0.717) is 60.2 Å². The van der Waals surface area contributed by atoms with E-state index in [1.54, 1.807) is 43.0 Å². The molecule has 1 aromatic heterocycles. The molecule has 1 unspecified atom stereocenters. The first-order chi connectivity index (χ1) is 32.5. The van der Waals surface area contributed by atoms with Crippen LogP contribution >= 0.6 is 44.0 Å². The number of nitrogens with zero attached hydrogens (tertiary/aromatic N) is 3. The Morgan fingerprint density at radius 2 is 1.56 bits per heavy atom. The van der Waals surface area contributed by atoms with E-state index in [2.05, 4.69) is 43.5 Å². The number of aromatic nitrogens is 2. The number of rotatable bonds is 24. The monoisotopic (exact) mass is 1030 g/mol. The van der Waals surface area contributed by atoms with Crippen molar-refractivity contribution in [3.8, 4) is 23.1 Å². The van der Waals surface area contributed by atoms with E-state index in [0.717, 1.165) is 28.5 Å². The minimum Gasteiger partial charge on any atom is -0.496 e. The Morgan fingerprint density at radius 3 is 2.09 bits per heavy atom. The van der Waals surface area contributed by atoms with Gasteiger partial charge < -0.3 is 35.1 Å². The molecule has 2 aromatic carbocycles. The molecule has 0 radical (unpaired) electrons. The molecule has 0 spiro atoms. The maximum atomic E-state index is 13.3. The second kappa shape index (κ2) is 32.1. The van der Waals surface area contributed by atoms with Crippen LogP contribution in [0.25, 0.3) is 11.0 Å². The lowest BCUT2D eigenvalue weighted by Gasteiger charge is -2.17. The lowest BCUT2D eigenvalue weighted by molar-refractivity contribution is -0.138. The number of nitrogens with two attached hydrogens (primary N) is 1. The lowest BCUT2D eigenvalue weighted by atomic mass is 10.1. The van der Waals surface area contributed by atoms with Crippen molar-refractivity contribution in [2.75, 3.05) is 58.2 Å². The van der Waals surface area contributed by atoms with Crippen molar-refractivity contribution in [2.24, 2.45) is 5.73 Å². The average Bonchev–Trinajstić information content (AvgIpc) is 3.92. The first kappa shape index (κ1) is 59.4. The highest BCUT2D eigenvalue weighted by Gasteiger charge is 2.38. The largest absolute Gasteiger partial charge is 0.524 e. The van der Waals surface area contributed by atoms with Crippen molar-refractivity contribution in [1.82, 2.24) is 25.5 Å². The third-order valence-electron chi connectivity index (χ3n) is 9.56. The van der Waals surface area contributed by atoms with E-state index in [4.69, 9.17) is 19.6 Å². The summed E-state index contributed by atoms with van der Waals surface area (Å²) in [4.78, 5) is 101. The molecule has 7 N–H and O–H groups in total. The summed E-state index contributed by atoms with van der Waals surface area (Å²) in [5.41, 5.74) is 5.52. The van der Waals surface area contributed by atoms with Gasteiger partial charge in [-0.05, 0) is 62.1 Å². The molecule has 5 rings (SSSR count). The van der Waals surface area contributed by atoms with Crippen molar-refractivity contribution >= 4 is 95.2 Å². The number of amides is 4. The molecule has 4 amide bonds. The topological polar surface area (TPSA) is 300 Å². The third-order valence-corrected chi connectivity index (χ3v) is 12.7. The lowest BCUT2D eigenvalue weighted by Crippen LogP contribution is -2.38. The highest BCUT2D eigenvalue weighted by atomic mass is 32.2. The first-order valence-corrected chi connectivity index (χ1v) is 26.1. The number of benzene rings is 2. The SMILES string of the molecule is CCC(=O)CCCS.CCC(=O)CCCSC1CC(=O)N(CCC(=O)NCCNC(=O)c2nc3ccccc3nc2OCc2c(OC)cc(OP(=O)(O)O)cc2OC)C1=O.CN.N=C1CCCS1. The minimum atomic E-state index is -4.87. The van der Waals surface area contributed by atoms with Gasteiger partial charge in [0.2, 0.25) is 23.6 Å². The molecule has 24 heteroatoms. The number of ether oxygens (including phenoxy) is 3. The zero-order chi connectivity index (χ0) is 50.6. The molecule has 3 aromatic rings. The Balaban J connectivity index is 0.000000843. The van der Waals surface area contributed by atoms with E-state index in [1.807, 2.05) is 6.92 Å². The van der Waals surface area contributed by atoms with Crippen LogP contribution in [0.15, 0.2) is 36.4 Å². The summed E-state index contributed by atoms with van der Waals surface area (Å²) in [6, 6.07) is 9.30. The third kappa shape index (κ3) is 21.3. The van der Waals surface area contributed by atoms with Gasteiger partial charge >= 0.3 is 7.82 Å². The number of phosphoric ester groups is 1. The molecule has 2 aliphatic rings. The minimum absolute atomic E-state index is 0.00201. The predicted molar refractivity (Wildman–Crippen MR) is 266 cm³/mol. The number of nitrogens with one attached hydrogen (secondary N) is 3. The zero-order valence-electron chi connectivity index (χ0n) is 39.1. The number of phosphoric acid groups is 1. The van der Waals surface area contributed by atoms with Crippen LogP contribution in [0.5, 0.6) is 23.1 Å². The summed E-state index contributed by atoms with van der Waals surface area (Å²) in [7, 11) is -0.712. The normalized spacial score (nSPS) is 14.1. The van der Waals surface area contributed by atoms with Crippen LogP contribution in [0.4, 0.5) is 0 Å². The highest BCUT2D eigenvalue weighted by Crippen LogP contribution is 2.42. The Kier molecular flexibility index (Phi) is 28.0. The van der Waals surface area contributed by atoms with Crippen LogP contribution in [-0.2, 0) is 35.1 Å². The molecular weight excluding hydrogens is 962 g/mol. The summed E-state index contributed by atoms with van der Waals surface area (Å²) in [6.45, 7) is 3.41. The smallest absolute Gasteiger partial charge is 0.496 e. The molecule has 3 heterocycles. The van der Waals surface area contributed by atoms with Crippen molar-refractivity contribution in [3.63, 3.8) is 0 Å². The van der Waals surface area contributed by atoms with Crippen molar-refractivity contribution in [1.29, 1.82) is 5.41 Å². The molecule has 0 aliphatic carbocycles. The van der Waals surface area contributed by atoms with Crippen LogP contribution in [0, 0.1) is 5.41 Å². The van der Waals surface area contributed by atoms with Crippen LogP contribution < -0.4 is 35.1 Å². The number of hydrogen-bond acceptors (Lipinski definition) is 18. The van der Waals surface area contributed by atoms with Gasteiger partial charge in [0.15, 0.2) is 5.69 Å². The van der Waals surface area contributed by atoms with E-state index in [-0.39, 0.29) is 85.5 Å². The molecule has 0 saturated carbocycles. The second-order valence-corrected chi connectivity index (χ2v) is 18.5. The van der Waals surface area contributed by atoms with Crippen molar-refractivity contribution < 1.29 is 61.9 Å². The van der Waals surface area contributed by atoms with E-state index >= 15 is 0 Å². The summed E-state index contributed by atoms with van der Waals surface area (Å²) < 4.78 is 32.7. The van der Waals surface area contributed by atoms with Gasteiger partial charge in [0.25, 0.3) is 5.91 Å². The quantitative estimate of drug-likeness (QED) is 0.0259. The number of likely N-dealkylation sites (tertiary alicyclic amines) is 1. The molecule has 376 valence electrons. The number of carbonyl (C=O) groups is 6. The molecule has 68 heavy (non-hydrogen) atoms. The number of thioether (sulfide) groups is 2. The molecular formula is C44H64N7O13PS3. The van der Waals surface area contributed by atoms with Gasteiger partial charge in [-0.25, -0.2) is 14.5 Å². The van der Waals surface area contributed by atoms with Crippen molar-refractivity contribution in [3.05, 3.63) is 47.7 Å². The molecule has 20 nitrogen and oxygen atoms in total. The van der Waals surface area contributed by atoms with Crippen LogP contribution in [0.3, 0.4) is 0 Å². The van der Waals surface area contributed by atoms with Gasteiger partial charge in [0, 0.05) is 70.3 Å². The summed E-state index contributed by atoms with van der Waals surface area (Å²) in [5, 5.41) is 12.7. The number of ketones is 2. The molecule has 2 aliphatic heterocycles. The standard InChI is InChI=1S/C33H40N5O12PS.C6H12OS.C4H7NS.CH5N/c1-4-20(39)8-7-15-52-27-18-29(41)38(33(27)43)14-11-28(40)34-12-13-35-31(42)30-32(37-24-10-6-5-9-23(24)36-30)49-19-22-25(47-2)16-21(17-26(22)48-3)50-51(44,45)46;1-2-6(7)4-3-5-8;5-4-2-1-3-6-4;1-2/h5-6,9-10,16-17,27H,4,7-8,11-15,18-19H2,1-3H3,(H,34,40)(H,35,42)(H2,44,45,46);8H,2-5H2,1H3;5H,1-3H2;2H2,1H3. The van der Waals surface area contributed by atoms with E-state index < -0.39 is 24.9 Å². The summed E-state index contributed by atoms with van der Waals surface area (Å²) in [6.07, 6.45) is 6.07. The maximum Gasteiger partial charge on any atom is 0.524 e. The number of hydrogen-bond donors (Lipinski definition) is 7. The van der Waals surface area contributed by atoms with Crippen molar-refractivity contribution in [2.45, 2.75) is 89.9 Å². The Labute approximate surface area is 410 Å². The van der Waals surface area contributed by atoms with Gasteiger partial charge in [0.1, 0.15) is 35.4 Å². The Bertz CT molecular complexity index is 2180. The zero-order valence-corrected chi connectivity index (χ0v) is 42.5. The van der Waals surface area contributed by atoms with Gasteiger partial charge in [-0.3, -0.25) is 48.9 Å². The van der Waals surface area contributed by atoms with Gasteiger partial charge in [-0.15, -0.1) is 23.5 Å². The van der Waals surface area contributed by atoms with Gasteiger partial charge in [-0.2, -0.15) is 12.6 Å². The molecule has 2 saturated heterocycles. The number of thiol groups is 1. The summed E-state index contributed by atoms with van der Waals surface area (Å²) >= 11 is 7.01. The average molecular weight is 1030 g/mol. The number of methoxy groups -OCH3 is 2. The fraction of sp³-hybridized carbons (Fsp3) is 0.523. The number of carbonyl (C=O) groups excluding carboxylic acids is 6. The first-order valence-electron chi connectivity index (χ1n) is 21.9. The Morgan fingerprint density at radius 1 is 0.956 bits per heavy atom. The Hall–Kier alpha value is -4.77. The predicted octanol–water partition coefficient (Wildman–Crippen LogP) is 5.29. The molecule has 2 fully saturated rings. The van der Waals surface area contributed by atoms with E-state index in [9.17, 15) is 43.1 Å². The fourth-order valence-corrected chi connectivity index (χ4v) is 8.56. The van der Waals surface area contributed by atoms with Gasteiger partial charge in [-0.1, -0.05) is 26.0 Å². The van der Waals surface area contributed by atoms with Gasteiger partial charge in [0.05, 0.1) is 41.1 Å². The van der Waals surface area contributed by atoms with Crippen LogP contribution in [-0.4, -0.2) is 128 Å². The number of Topliss-reactive ketones (excluding diaryl/α,β-unsaturated/α-hetero) is 2. The maximum absolute atomic E-state index is 13.3. The second-order valence-electron chi connectivity index (χ2n) is 14.4. The van der Waals surface area contributed by atoms with Crippen LogP contribution in [0.1, 0.15) is 94.1 Å². The number of fused-ring (bicyclic) bond motifs is 1. The van der Waals surface area contributed by atoms with E-state index in [1.165, 1.54) is 57.3 Å². The fourth-order valence-electron chi connectivity index (χ4n) is 6.07. The highest BCUT2D eigenvalue weighted by molar-refractivity contribution is 8.14. The molecule has 0 bridgehead atoms. The number of para-hydroxylation sites is 2. The molecule has 1 atom stereocenters. The number of imide groups is 1. The summed E-state index contributed by atoms with van der Waals surface area (Å²) in [5.74, 6) is 1.24.